The van der Waals surface area contributed by atoms with Crippen LogP contribution in [0.15, 0.2) is 36.4 Å². The Kier molecular flexibility index (Phi) is 10.9. The number of hydrogen-bond donors (Lipinski definition) is 0. The number of carbonyl (C=O) groups excluding carboxylic acids is 3. The van der Waals surface area contributed by atoms with E-state index in [1.807, 2.05) is 19.9 Å². The second-order valence-corrected chi connectivity index (χ2v) is 11.4. The minimum Gasteiger partial charge on any atom is -0.490 e. The summed E-state index contributed by atoms with van der Waals surface area (Å²) in [4.78, 5) is 37.9. The second-order valence-electron chi connectivity index (χ2n) is 11.4. The number of esters is 2. The molecule has 0 saturated heterocycles. The van der Waals surface area contributed by atoms with E-state index in [1.54, 1.807) is 71.9 Å². The van der Waals surface area contributed by atoms with Gasteiger partial charge in [-0.1, -0.05) is 20.3 Å². The molecule has 2 aromatic rings. The summed E-state index contributed by atoms with van der Waals surface area (Å²) in [5, 5.41) is 0. The summed E-state index contributed by atoms with van der Waals surface area (Å²) in [5.41, 5.74) is 0.531. The number of ether oxygens (including phenoxy) is 4. The van der Waals surface area contributed by atoms with Crippen LogP contribution in [-0.4, -0.2) is 31.4 Å². The van der Waals surface area contributed by atoms with Crippen molar-refractivity contribution >= 4 is 23.8 Å². The summed E-state index contributed by atoms with van der Waals surface area (Å²) in [7, 11) is 1.50. The molecule has 0 radical (unpaired) electrons. The third-order valence-corrected chi connectivity index (χ3v) is 5.65. The van der Waals surface area contributed by atoms with Crippen molar-refractivity contribution < 1.29 is 33.3 Å². The number of hydrogen-bond acceptors (Lipinski definition) is 7. The molecule has 0 aromatic heterocycles. The van der Waals surface area contributed by atoms with E-state index >= 15 is 0 Å². The van der Waals surface area contributed by atoms with Crippen molar-refractivity contribution in [2.45, 2.75) is 74.7 Å². The van der Waals surface area contributed by atoms with Crippen molar-refractivity contribution in [3.8, 4) is 23.0 Å². The van der Waals surface area contributed by atoms with Gasteiger partial charge >= 0.3 is 11.9 Å². The Morgan fingerprint density at radius 2 is 1.38 bits per heavy atom. The van der Waals surface area contributed by atoms with Crippen molar-refractivity contribution in [2.24, 2.45) is 10.8 Å². The molecule has 0 atom stereocenters. The quantitative estimate of drug-likeness (QED) is 0.129. The van der Waals surface area contributed by atoms with Crippen LogP contribution in [0.5, 0.6) is 23.0 Å². The summed E-state index contributed by atoms with van der Waals surface area (Å²) >= 11 is 0. The van der Waals surface area contributed by atoms with Crippen molar-refractivity contribution in [1.29, 1.82) is 0 Å². The summed E-state index contributed by atoms with van der Waals surface area (Å²) in [6.07, 6.45) is 5.34. The molecule has 0 unspecified atom stereocenters. The fraction of sp³-hybridized carbons (Fsp3) is 0.469. The Morgan fingerprint density at radius 3 is 1.90 bits per heavy atom. The van der Waals surface area contributed by atoms with Gasteiger partial charge in [0.1, 0.15) is 5.75 Å². The fourth-order valence-electron chi connectivity index (χ4n) is 3.38. The smallest absolute Gasteiger partial charge is 0.316 e. The van der Waals surface area contributed by atoms with Crippen molar-refractivity contribution in [1.82, 2.24) is 0 Å². The summed E-state index contributed by atoms with van der Waals surface area (Å²) in [6.45, 7) is 15.1. The standard InChI is InChI=1S/C32H42O7/c1-10-12-22-20-23(26(37-19-11-2)28(36-9)27(22)39-30(35)32(6,7)8)15-18-25(33)21-13-16-24(17-14-21)38-29(34)31(3,4)5/h13-18,20H,10-12,19H2,1-9H3. The molecule has 7 heteroatoms. The zero-order chi connectivity index (χ0) is 29.4. The predicted molar refractivity (Wildman–Crippen MR) is 153 cm³/mol. The number of carbonyl (C=O) groups is 3. The first kappa shape index (κ1) is 31.6. The van der Waals surface area contributed by atoms with E-state index in [-0.39, 0.29) is 17.7 Å². The molecule has 0 fully saturated rings. The lowest BCUT2D eigenvalue weighted by Crippen LogP contribution is -2.26. The van der Waals surface area contributed by atoms with E-state index in [9.17, 15) is 14.4 Å². The highest BCUT2D eigenvalue weighted by atomic mass is 16.6. The maximum absolute atomic E-state index is 13.0. The van der Waals surface area contributed by atoms with Crippen LogP contribution in [0.1, 0.15) is 89.7 Å². The second kappa shape index (κ2) is 13.5. The molecule has 0 amide bonds. The number of allylic oxidation sites excluding steroid dienone is 1. The Labute approximate surface area is 232 Å². The van der Waals surface area contributed by atoms with E-state index in [0.717, 1.165) is 18.4 Å². The van der Waals surface area contributed by atoms with Crippen molar-refractivity contribution in [2.75, 3.05) is 13.7 Å². The average molecular weight is 539 g/mol. The van der Waals surface area contributed by atoms with E-state index in [0.29, 0.717) is 47.2 Å². The van der Waals surface area contributed by atoms with Gasteiger partial charge in [-0.25, -0.2) is 0 Å². The van der Waals surface area contributed by atoms with E-state index in [1.165, 1.54) is 13.2 Å². The van der Waals surface area contributed by atoms with Gasteiger partial charge in [-0.2, -0.15) is 0 Å². The van der Waals surface area contributed by atoms with Gasteiger partial charge in [0.2, 0.25) is 5.75 Å². The van der Waals surface area contributed by atoms with Crippen molar-refractivity contribution in [3.63, 3.8) is 0 Å². The number of benzene rings is 2. The van der Waals surface area contributed by atoms with Gasteiger partial charge in [0.15, 0.2) is 17.3 Å². The van der Waals surface area contributed by atoms with Crippen LogP contribution in [0.3, 0.4) is 0 Å². The SMILES string of the molecule is CCCOc1c(C=CC(=O)c2ccc(OC(=O)C(C)(C)C)cc2)cc(CCC)c(OC(=O)C(C)(C)C)c1OC. The lowest BCUT2D eigenvalue weighted by Gasteiger charge is -2.22. The zero-order valence-electron chi connectivity index (χ0n) is 24.7. The number of aryl methyl sites for hydroxylation is 1. The van der Waals surface area contributed by atoms with Crippen LogP contribution in [0.2, 0.25) is 0 Å². The number of ketones is 1. The molecular weight excluding hydrogens is 496 g/mol. The maximum Gasteiger partial charge on any atom is 0.316 e. The van der Waals surface area contributed by atoms with Gasteiger partial charge in [-0.3, -0.25) is 14.4 Å². The van der Waals surface area contributed by atoms with Gasteiger partial charge in [0.05, 0.1) is 24.5 Å². The summed E-state index contributed by atoms with van der Waals surface area (Å²) < 4.78 is 23.0. The highest BCUT2D eigenvalue weighted by Crippen LogP contribution is 2.45. The van der Waals surface area contributed by atoms with Crippen LogP contribution in [0, 0.1) is 10.8 Å². The normalized spacial score (nSPS) is 11.8. The zero-order valence-corrected chi connectivity index (χ0v) is 24.7. The molecule has 212 valence electrons. The molecule has 0 spiro atoms. The van der Waals surface area contributed by atoms with Crippen LogP contribution in [0.25, 0.3) is 6.08 Å². The third kappa shape index (κ3) is 8.70. The molecule has 2 rings (SSSR count). The minimum absolute atomic E-state index is 0.232. The van der Waals surface area contributed by atoms with Crippen LogP contribution in [-0.2, 0) is 16.0 Å². The molecule has 0 aliphatic rings. The molecule has 7 nitrogen and oxygen atoms in total. The Hall–Kier alpha value is -3.61. The molecular formula is C32H42O7. The Balaban J connectivity index is 2.46. The summed E-state index contributed by atoms with van der Waals surface area (Å²) in [6, 6.07) is 8.30. The van der Waals surface area contributed by atoms with E-state index in [2.05, 4.69) is 0 Å². The minimum atomic E-state index is -0.704. The number of methoxy groups -OCH3 is 1. The Bertz CT molecular complexity index is 1190. The molecule has 0 aliphatic carbocycles. The van der Waals surface area contributed by atoms with Gasteiger partial charge in [-0.05, 0) is 102 Å². The molecule has 0 heterocycles. The monoisotopic (exact) mass is 538 g/mol. The maximum atomic E-state index is 13.0. The lowest BCUT2D eigenvalue weighted by molar-refractivity contribution is -0.143. The predicted octanol–water partition coefficient (Wildman–Crippen LogP) is 7.24. The average Bonchev–Trinajstić information content (AvgIpc) is 2.86. The molecule has 39 heavy (non-hydrogen) atoms. The lowest BCUT2D eigenvalue weighted by atomic mass is 9.97. The van der Waals surface area contributed by atoms with Crippen molar-refractivity contribution in [3.05, 3.63) is 53.1 Å². The van der Waals surface area contributed by atoms with Gasteiger partial charge in [-0.15, -0.1) is 0 Å². The first-order valence-electron chi connectivity index (χ1n) is 13.4. The molecule has 2 aromatic carbocycles. The highest BCUT2D eigenvalue weighted by molar-refractivity contribution is 6.07. The van der Waals surface area contributed by atoms with E-state index < -0.39 is 10.8 Å². The molecule has 0 saturated carbocycles. The Morgan fingerprint density at radius 1 is 0.795 bits per heavy atom. The molecule has 0 aliphatic heterocycles. The topological polar surface area (TPSA) is 88.1 Å². The van der Waals surface area contributed by atoms with Crippen LogP contribution in [0.4, 0.5) is 0 Å². The van der Waals surface area contributed by atoms with Gasteiger partial charge in [0.25, 0.3) is 0 Å². The molecule has 0 bridgehead atoms. The van der Waals surface area contributed by atoms with E-state index in [4.69, 9.17) is 18.9 Å². The first-order chi connectivity index (χ1) is 18.2. The molecule has 0 N–H and O–H groups in total. The highest BCUT2D eigenvalue weighted by Gasteiger charge is 2.29. The van der Waals surface area contributed by atoms with Crippen LogP contribution < -0.4 is 18.9 Å². The fourth-order valence-corrected chi connectivity index (χ4v) is 3.38. The summed E-state index contributed by atoms with van der Waals surface area (Å²) in [5.74, 6) is 0.483. The van der Waals surface area contributed by atoms with Crippen LogP contribution >= 0.6 is 0 Å². The van der Waals surface area contributed by atoms with Gasteiger partial charge in [0, 0.05) is 11.1 Å². The third-order valence-electron chi connectivity index (χ3n) is 5.65. The largest absolute Gasteiger partial charge is 0.490 e. The first-order valence-corrected chi connectivity index (χ1v) is 13.4. The number of rotatable bonds is 11. The van der Waals surface area contributed by atoms with Gasteiger partial charge < -0.3 is 18.9 Å².